The van der Waals surface area contributed by atoms with Crippen molar-refractivity contribution in [3.63, 3.8) is 0 Å². The normalized spacial score (nSPS) is 13.2. The molecule has 0 saturated heterocycles. The van der Waals surface area contributed by atoms with Crippen molar-refractivity contribution >= 4 is 0 Å². The fourth-order valence-corrected chi connectivity index (χ4v) is 1.92. The molecule has 1 rings (SSSR count). The average molecular weight is 265 g/mol. The van der Waals surface area contributed by atoms with Gasteiger partial charge in [0.05, 0.1) is 6.10 Å². The predicted molar refractivity (Wildman–Crippen MR) is 79.2 cm³/mol. The molecule has 0 fully saturated rings. The third kappa shape index (κ3) is 7.93. The maximum Gasteiger partial charge on any atom is 0.0791 e. The topological polar surface area (TPSA) is 48.4 Å². The molecule has 0 saturated carbocycles. The Balaban J connectivity index is 2.14. The number of hydrogen-bond donors (Lipinski definition) is 2. The number of likely N-dealkylation sites (N-methyl/N-ethyl adjacent to an activating group) is 1. The van der Waals surface area contributed by atoms with Crippen LogP contribution >= 0.6 is 0 Å². The number of rotatable bonds is 9. The molecule has 1 heterocycles. The molecule has 1 aromatic rings. The summed E-state index contributed by atoms with van der Waals surface area (Å²) in [5.74, 6) is 0.622. The van der Waals surface area contributed by atoms with E-state index in [0.29, 0.717) is 19.0 Å². The van der Waals surface area contributed by atoms with Gasteiger partial charge in [-0.1, -0.05) is 13.8 Å². The zero-order valence-corrected chi connectivity index (χ0v) is 12.3. The maximum absolute atomic E-state index is 9.92. The lowest BCUT2D eigenvalue weighted by atomic mass is 10.2. The van der Waals surface area contributed by atoms with E-state index in [1.807, 2.05) is 31.6 Å². The van der Waals surface area contributed by atoms with Crippen LogP contribution in [0.15, 0.2) is 24.5 Å². The van der Waals surface area contributed by atoms with Gasteiger partial charge in [0.2, 0.25) is 0 Å². The van der Waals surface area contributed by atoms with Gasteiger partial charge in [0.1, 0.15) is 0 Å². The molecular weight excluding hydrogens is 238 g/mol. The van der Waals surface area contributed by atoms with Gasteiger partial charge in [-0.15, -0.1) is 0 Å². The third-order valence-electron chi connectivity index (χ3n) is 2.99. The molecule has 19 heavy (non-hydrogen) atoms. The Morgan fingerprint density at radius 1 is 1.26 bits per heavy atom. The highest BCUT2D eigenvalue weighted by atomic mass is 16.3. The second-order valence-electron chi connectivity index (χ2n) is 5.57. The quantitative estimate of drug-likeness (QED) is 0.703. The zero-order valence-electron chi connectivity index (χ0n) is 12.3. The molecule has 0 aliphatic heterocycles. The second-order valence-corrected chi connectivity index (χ2v) is 5.57. The monoisotopic (exact) mass is 265 g/mol. The lowest BCUT2D eigenvalue weighted by Crippen LogP contribution is -2.38. The van der Waals surface area contributed by atoms with E-state index < -0.39 is 0 Å². The van der Waals surface area contributed by atoms with Gasteiger partial charge in [-0.05, 0) is 43.6 Å². The Morgan fingerprint density at radius 2 is 1.95 bits per heavy atom. The number of pyridine rings is 1. The fraction of sp³-hybridized carbons (Fsp3) is 0.667. The summed E-state index contributed by atoms with van der Waals surface area (Å²) in [7, 11) is 2.05. The minimum Gasteiger partial charge on any atom is -0.390 e. The summed E-state index contributed by atoms with van der Waals surface area (Å²) >= 11 is 0. The minimum atomic E-state index is -0.304. The molecule has 0 radical (unpaired) electrons. The highest BCUT2D eigenvalue weighted by molar-refractivity contribution is 5.09. The van der Waals surface area contributed by atoms with Gasteiger partial charge in [0.15, 0.2) is 0 Å². The van der Waals surface area contributed by atoms with Crippen LogP contribution < -0.4 is 5.32 Å². The Labute approximate surface area is 116 Å². The smallest absolute Gasteiger partial charge is 0.0791 e. The van der Waals surface area contributed by atoms with Gasteiger partial charge in [0.25, 0.3) is 0 Å². The molecule has 0 aromatic carbocycles. The van der Waals surface area contributed by atoms with Crippen LogP contribution in [0.3, 0.4) is 0 Å². The van der Waals surface area contributed by atoms with Gasteiger partial charge in [-0.3, -0.25) is 4.98 Å². The molecule has 0 amide bonds. The first-order chi connectivity index (χ1) is 9.08. The summed E-state index contributed by atoms with van der Waals surface area (Å²) in [6.45, 7) is 7.61. The highest BCUT2D eigenvalue weighted by Gasteiger charge is 2.08. The van der Waals surface area contributed by atoms with Crippen LogP contribution in [0.5, 0.6) is 0 Å². The van der Waals surface area contributed by atoms with Crippen molar-refractivity contribution in [3.05, 3.63) is 30.1 Å². The lowest BCUT2D eigenvalue weighted by Gasteiger charge is -2.21. The van der Waals surface area contributed by atoms with Crippen molar-refractivity contribution in [2.45, 2.75) is 26.4 Å². The number of hydrogen-bond acceptors (Lipinski definition) is 4. The summed E-state index contributed by atoms with van der Waals surface area (Å²) in [6.07, 6.45) is 4.33. The Bertz CT molecular complexity index is 329. The van der Waals surface area contributed by atoms with E-state index in [2.05, 4.69) is 29.0 Å². The maximum atomic E-state index is 9.92. The lowest BCUT2D eigenvalue weighted by molar-refractivity contribution is 0.124. The summed E-state index contributed by atoms with van der Waals surface area (Å²) in [5.41, 5.74) is 1.29. The summed E-state index contributed by atoms with van der Waals surface area (Å²) in [6, 6.07) is 4.07. The van der Waals surface area contributed by atoms with Crippen LogP contribution in [0, 0.1) is 5.92 Å². The summed E-state index contributed by atoms with van der Waals surface area (Å²) in [4.78, 5) is 6.18. The molecule has 0 aliphatic carbocycles. The number of aliphatic hydroxyl groups is 1. The van der Waals surface area contributed by atoms with Crippen molar-refractivity contribution in [1.29, 1.82) is 0 Å². The largest absolute Gasteiger partial charge is 0.390 e. The predicted octanol–water partition coefficient (Wildman–Crippen LogP) is 1.16. The molecule has 0 aliphatic rings. The van der Waals surface area contributed by atoms with Gasteiger partial charge in [-0.2, -0.15) is 0 Å². The second kappa shape index (κ2) is 9.02. The molecule has 4 nitrogen and oxygen atoms in total. The Kier molecular flexibility index (Phi) is 7.63. The van der Waals surface area contributed by atoms with Crippen molar-refractivity contribution in [1.82, 2.24) is 15.2 Å². The Morgan fingerprint density at radius 3 is 2.58 bits per heavy atom. The van der Waals surface area contributed by atoms with Crippen LogP contribution in [0.25, 0.3) is 0 Å². The molecule has 1 unspecified atom stereocenters. The van der Waals surface area contributed by atoms with E-state index in [4.69, 9.17) is 0 Å². The number of nitrogens with zero attached hydrogens (tertiary/aromatic N) is 2. The van der Waals surface area contributed by atoms with E-state index in [9.17, 15) is 5.11 Å². The van der Waals surface area contributed by atoms with Gasteiger partial charge in [-0.25, -0.2) is 0 Å². The van der Waals surface area contributed by atoms with E-state index in [1.54, 1.807) is 0 Å². The summed E-state index contributed by atoms with van der Waals surface area (Å²) in [5, 5.41) is 13.2. The number of nitrogens with one attached hydrogen (secondary N) is 1. The van der Waals surface area contributed by atoms with Gasteiger partial charge < -0.3 is 15.3 Å². The van der Waals surface area contributed by atoms with E-state index in [0.717, 1.165) is 19.5 Å². The zero-order chi connectivity index (χ0) is 14.1. The summed E-state index contributed by atoms with van der Waals surface area (Å²) < 4.78 is 0. The van der Waals surface area contributed by atoms with Crippen LogP contribution in [-0.2, 0) is 6.42 Å². The number of aromatic nitrogens is 1. The molecule has 2 N–H and O–H groups in total. The molecule has 0 bridgehead atoms. The standard InChI is InChI=1S/C15H27N3O/c1-13(2)10-17-11-15(19)12-18(3)9-6-14-4-7-16-8-5-14/h4-5,7-8,13,15,17,19H,6,9-12H2,1-3H3. The molecule has 1 aromatic heterocycles. The van der Waals surface area contributed by atoms with Crippen molar-refractivity contribution in [3.8, 4) is 0 Å². The molecule has 4 heteroatoms. The van der Waals surface area contributed by atoms with Crippen molar-refractivity contribution in [2.24, 2.45) is 5.92 Å². The van der Waals surface area contributed by atoms with Crippen LogP contribution in [-0.4, -0.2) is 54.3 Å². The average Bonchev–Trinajstić information content (AvgIpc) is 2.37. The molecular formula is C15H27N3O. The first kappa shape index (κ1) is 16.1. The fourth-order valence-electron chi connectivity index (χ4n) is 1.92. The van der Waals surface area contributed by atoms with Gasteiger partial charge >= 0.3 is 0 Å². The van der Waals surface area contributed by atoms with Crippen LogP contribution in [0.1, 0.15) is 19.4 Å². The Hall–Kier alpha value is -0.970. The SMILES string of the molecule is CC(C)CNCC(O)CN(C)CCc1ccncc1. The highest BCUT2D eigenvalue weighted by Crippen LogP contribution is 1.99. The molecule has 0 spiro atoms. The third-order valence-corrected chi connectivity index (χ3v) is 2.99. The van der Waals surface area contributed by atoms with Gasteiger partial charge in [0, 0.05) is 32.0 Å². The van der Waals surface area contributed by atoms with E-state index >= 15 is 0 Å². The van der Waals surface area contributed by atoms with Crippen LogP contribution in [0.2, 0.25) is 0 Å². The van der Waals surface area contributed by atoms with Crippen LogP contribution in [0.4, 0.5) is 0 Å². The van der Waals surface area contributed by atoms with Crippen molar-refractivity contribution in [2.75, 3.05) is 33.2 Å². The van der Waals surface area contributed by atoms with Crippen molar-refractivity contribution < 1.29 is 5.11 Å². The first-order valence-corrected chi connectivity index (χ1v) is 7.04. The molecule has 1 atom stereocenters. The molecule has 108 valence electrons. The number of aliphatic hydroxyl groups excluding tert-OH is 1. The minimum absolute atomic E-state index is 0.304. The van der Waals surface area contributed by atoms with E-state index in [-0.39, 0.29) is 6.10 Å². The van der Waals surface area contributed by atoms with E-state index in [1.165, 1.54) is 5.56 Å². The first-order valence-electron chi connectivity index (χ1n) is 7.04.